The van der Waals surface area contributed by atoms with Gasteiger partial charge in [-0.3, -0.25) is 0 Å². The lowest BCUT2D eigenvalue weighted by molar-refractivity contribution is 0.0320. The van der Waals surface area contributed by atoms with Crippen LogP contribution in [-0.4, -0.2) is 19.3 Å². The van der Waals surface area contributed by atoms with Crippen LogP contribution in [0.1, 0.15) is 54.7 Å². The first-order chi connectivity index (χ1) is 14.0. The van der Waals surface area contributed by atoms with Gasteiger partial charge in [0.25, 0.3) is 0 Å². The van der Waals surface area contributed by atoms with Gasteiger partial charge in [0.1, 0.15) is 5.82 Å². The molecule has 29 heavy (non-hydrogen) atoms. The fraction of sp³-hybridized carbons (Fsp3) is 0.391. The molecule has 0 radical (unpaired) electrons. The molecule has 0 saturated carbocycles. The van der Waals surface area contributed by atoms with E-state index in [2.05, 4.69) is 6.58 Å². The van der Waals surface area contributed by atoms with Crippen molar-refractivity contribution in [3.8, 4) is 16.9 Å². The molecule has 0 bridgehead atoms. The third kappa shape index (κ3) is 3.23. The van der Waals surface area contributed by atoms with Gasteiger partial charge in [-0.15, -0.1) is 6.58 Å². The SMILES string of the molecule is C=CC1CCC(c2ccc3c(c2F)C(F)C(F)c2c-3ccc(OCC)c2F)CO1. The highest BCUT2D eigenvalue weighted by atomic mass is 19.2. The maximum Gasteiger partial charge on any atom is 0.171 e. The van der Waals surface area contributed by atoms with Crippen molar-refractivity contribution < 1.29 is 27.0 Å². The molecule has 0 N–H and O–H groups in total. The predicted octanol–water partition coefficient (Wildman–Crippen LogP) is 6.51. The highest BCUT2D eigenvalue weighted by molar-refractivity contribution is 5.76. The zero-order valence-corrected chi connectivity index (χ0v) is 16.1. The predicted molar refractivity (Wildman–Crippen MR) is 103 cm³/mol. The van der Waals surface area contributed by atoms with Gasteiger partial charge in [0.2, 0.25) is 0 Å². The van der Waals surface area contributed by atoms with E-state index >= 15 is 8.78 Å². The Morgan fingerprint density at radius 3 is 2.28 bits per heavy atom. The molecule has 154 valence electrons. The average Bonchev–Trinajstić information content (AvgIpc) is 2.73. The van der Waals surface area contributed by atoms with E-state index in [1.807, 2.05) is 0 Å². The summed E-state index contributed by atoms with van der Waals surface area (Å²) in [6.45, 7) is 5.83. The van der Waals surface area contributed by atoms with Crippen LogP contribution in [0.4, 0.5) is 17.6 Å². The number of benzene rings is 2. The second-order valence-corrected chi connectivity index (χ2v) is 7.39. The summed E-state index contributed by atoms with van der Waals surface area (Å²) in [5.41, 5.74) is -0.143. The molecule has 0 spiro atoms. The van der Waals surface area contributed by atoms with Gasteiger partial charge < -0.3 is 9.47 Å². The third-order valence-corrected chi connectivity index (χ3v) is 5.77. The van der Waals surface area contributed by atoms with Crippen molar-refractivity contribution in [1.29, 1.82) is 0 Å². The summed E-state index contributed by atoms with van der Waals surface area (Å²) in [5, 5.41) is 0. The van der Waals surface area contributed by atoms with Crippen LogP contribution in [-0.2, 0) is 4.74 Å². The number of hydrogen-bond acceptors (Lipinski definition) is 2. The third-order valence-electron chi connectivity index (χ3n) is 5.77. The highest BCUT2D eigenvalue weighted by Gasteiger charge is 2.40. The fourth-order valence-corrected chi connectivity index (χ4v) is 4.27. The van der Waals surface area contributed by atoms with Gasteiger partial charge in [0.05, 0.1) is 19.3 Å². The van der Waals surface area contributed by atoms with Crippen molar-refractivity contribution in [2.75, 3.05) is 13.2 Å². The molecule has 4 atom stereocenters. The van der Waals surface area contributed by atoms with Crippen LogP contribution >= 0.6 is 0 Å². The first-order valence-electron chi connectivity index (χ1n) is 9.78. The molecule has 2 aliphatic rings. The van der Waals surface area contributed by atoms with Crippen molar-refractivity contribution in [3.63, 3.8) is 0 Å². The normalized spacial score (nSPS) is 25.8. The number of halogens is 4. The molecule has 4 unspecified atom stereocenters. The Morgan fingerprint density at radius 2 is 1.69 bits per heavy atom. The van der Waals surface area contributed by atoms with Crippen LogP contribution in [0.25, 0.3) is 11.1 Å². The maximum atomic E-state index is 15.3. The summed E-state index contributed by atoms with van der Waals surface area (Å²) in [6.07, 6.45) is -1.64. The van der Waals surface area contributed by atoms with Gasteiger partial charge >= 0.3 is 0 Å². The van der Waals surface area contributed by atoms with Gasteiger partial charge in [-0.2, -0.15) is 0 Å². The minimum absolute atomic E-state index is 0.0783. The zero-order chi connectivity index (χ0) is 20.7. The second kappa shape index (κ2) is 7.82. The first-order valence-corrected chi connectivity index (χ1v) is 9.78. The quantitative estimate of drug-likeness (QED) is 0.425. The van der Waals surface area contributed by atoms with Gasteiger partial charge in [-0.1, -0.05) is 24.3 Å². The smallest absolute Gasteiger partial charge is 0.171 e. The molecule has 2 aromatic rings. The molecular formula is C23H22F4O2. The minimum Gasteiger partial charge on any atom is -0.491 e. The van der Waals surface area contributed by atoms with E-state index in [1.54, 1.807) is 25.1 Å². The molecule has 1 aliphatic carbocycles. The fourth-order valence-electron chi connectivity index (χ4n) is 4.27. The lowest BCUT2D eigenvalue weighted by atomic mass is 9.79. The van der Waals surface area contributed by atoms with Crippen molar-refractivity contribution in [3.05, 3.63) is 65.2 Å². The number of alkyl halides is 2. The van der Waals surface area contributed by atoms with Crippen LogP contribution in [0, 0.1) is 11.6 Å². The Morgan fingerprint density at radius 1 is 1.03 bits per heavy atom. The van der Waals surface area contributed by atoms with Crippen LogP contribution in [0.2, 0.25) is 0 Å². The molecule has 2 aromatic carbocycles. The zero-order valence-electron chi connectivity index (χ0n) is 16.1. The highest BCUT2D eigenvalue weighted by Crippen LogP contribution is 2.52. The molecular weight excluding hydrogens is 384 g/mol. The number of hydrogen-bond donors (Lipinski definition) is 0. The molecule has 1 fully saturated rings. The molecule has 0 amide bonds. The van der Waals surface area contributed by atoms with Crippen molar-refractivity contribution in [2.24, 2.45) is 0 Å². The average molecular weight is 406 g/mol. The summed E-state index contributed by atoms with van der Waals surface area (Å²) in [4.78, 5) is 0. The Labute approximate surface area is 167 Å². The molecule has 1 heterocycles. The minimum atomic E-state index is -2.31. The van der Waals surface area contributed by atoms with Crippen LogP contribution in [0.5, 0.6) is 5.75 Å². The monoisotopic (exact) mass is 406 g/mol. The van der Waals surface area contributed by atoms with Crippen LogP contribution in [0.3, 0.4) is 0 Å². The van der Waals surface area contributed by atoms with Crippen LogP contribution in [0.15, 0.2) is 36.9 Å². The van der Waals surface area contributed by atoms with Crippen molar-refractivity contribution in [2.45, 2.75) is 44.1 Å². The maximum absolute atomic E-state index is 15.3. The second-order valence-electron chi connectivity index (χ2n) is 7.39. The number of ether oxygens (including phenoxy) is 2. The van der Waals surface area contributed by atoms with Gasteiger partial charge in [0.15, 0.2) is 23.9 Å². The van der Waals surface area contributed by atoms with Gasteiger partial charge in [-0.05, 0) is 42.5 Å². The van der Waals surface area contributed by atoms with E-state index in [0.717, 1.165) is 0 Å². The standard InChI is InChI=1S/C23H22F4O2/c1-3-13-6-5-12(11-29-13)14-7-8-15-16-9-10-17(28-4-2)21(25)19(16)23(27)22(26)18(15)20(14)24/h3,7-10,12-13,22-23H,1,4-6,11H2,2H3. The van der Waals surface area contributed by atoms with E-state index in [4.69, 9.17) is 9.47 Å². The van der Waals surface area contributed by atoms with Crippen molar-refractivity contribution in [1.82, 2.24) is 0 Å². The summed E-state index contributed by atoms with van der Waals surface area (Å²) in [6, 6.07) is 5.94. The van der Waals surface area contributed by atoms with Gasteiger partial charge in [0, 0.05) is 17.0 Å². The summed E-state index contributed by atoms with van der Waals surface area (Å²) < 4.78 is 70.8. The molecule has 4 rings (SSSR count). The molecule has 1 aliphatic heterocycles. The lowest BCUT2D eigenvalue weighted by Gasteiger charge is -2.31. The number of fused-ring (bicyclic) bond motifs is 3. The van der Waals surface area contributed by atoms with Gasteiger partial charge in [-0.25, -0.2) is 17.6 Å². The van der Waals surface area contributed by atoms with E-state index in [-0.39, 0.29) is 47.7 Å². The Kier molecular flexibility index (Phi) is 5.38. The molecule has 2 nitrogen and oxygen atoms in total. The first kappa shape index (κ1) is 20.0. The van der Waals surface area contributed by atoms with E-state index in [9.17, 15) is 8.78 Å². The Hall–Kier alpha value is -2.34. The molecule has 6 heteroatoms. The topological polar surface area (TPSA) is 18.5 Å². The summed E-state index contributed by atoms with van der Waals surface area (Å²) in [5.74, 6) is -2.10. The molecule has 1 saturated heterocycles. The van der Waals surface area contributed by atoms with Crippen LogP contribution < -0.4 is 4.74 Å². The van der Waals surface area contributed by atoms with Crippen molar-refractivity contribution >= 4 is 0 Å². The largest absolute Gasteiger partial charge is 0.491 e. The molecule has 0 aromatic heterocycles. The van der Waals surface area contributed by atoms with E-state index < -0.39 is 29.5 Å². The van der Waals surface area contributed by atoms with E-state index in [0.29, 0.717) is 18.4 Å². The Balaban J connectivity index is 1.78. The Bertz CT molecular complexity index is 935. The summed E-state index contributed by atoms with van der Waals surface area (Å²) in [7, 11) is 0. The summed E-state index contributed by atoms with van der Waals surface area (Å²) >= 11 is 0. The lowest BCUT2D eigenvalue weighted by Crippen LogP contribution is -2.24. The number of rotatable bonds is 4. The van der Waals surface area contributed by atoms with E-state index in [1.165, 1.54) is 12.1 Å².